The van der Waals surface area contributed by atoms with Crippen LogP contribution in [0.25, 0.3) is 0 Å². The van der Waals surface area contributed by atoms with Crippen molar-refractivity contribution in [1.82, 2.24) is 10.2 Å². The Morgan fingerprint density at radius 2 is 2.11 bits per heavy atom. The molecule has 0 bridgehead atoms. The Bertz CT molecular complexity index is 783. The van der Waals surface area contributed by atoms with E-state index in [4.69, 9.17) is 0 Å². The van der Waals surface area contributed by atoms with E-state index in [9.17, 15) is 9.18 Å². The number of halogens is 1. The zero-order chi connectivity index (χ0) is 19.8. The molecule has 1 aliphatic rings. The van der Waals surface area contributed by atoms with Gasteiger partial charge < -0.3 is 5.32 Å². The summed E-state index contributed by atoms with van der Waals surface area (Å²) in [5, 5.41) is 3.09. The van der Waals surface area contributed by atoms with Gasteiger partial charge in [0.2, 0.25) is 5.91 Å². The molecule has 1 amide bonds. The van der Waals surface area contributed by atoms with Gasteiger partial charge in [-0.3, -0.25) is 9.69 Å². The van der Waals surface area contributed by atoms with Gasteiger partial charge in [-0.1, -0.05) is 48.0 Å². The average molecular weight is 401 g/mol. The molecule has 0 saturated carbocycles. The lowest BCUT2D eigenvalue weighted by atomic mass is 9.96. The summed E-state index contributed by atoms with van der Waals surface area (Å²) in [6.45, 7) is 5.00. The number of hydrogen-bond donors (Lipinski definition) is 1. The van der Waals surface area contributed by atoms with Crippen LogP contribution >= 0.6 is 11.8 Å². The summed E-state index contributed by atoms with van der Waals surface area (Å²) in [6.07, 6.45) is 1.89. The molecular weight excluding hydrogens is 371 g/mol. The predicted molar refractivity (Wildman–Crippen MR) is 115 cm³/mol. The molecule has 0 aliphatic carbocycles. The Balaban J connectivity index is 1.37. The van der Waals surface area contributed by atoms with Gasteiger partial charge in [0, 0.05) is 36.7 Å². The predicted octanol–water partition coefficient (Wildman–Crippen LogP) is 4.40. The number of rotatable bonds is 8. The Hall–Kier alpha value is -1.85. The fourth-order valence-corrected chi connectivity index (χ4v) is 4.47. The zero-order valence-corrected chi connectivity index (χ0v) is 17.3. The van der Waals surface area contributed by atoms with Crippen molar-refractivity contribution in [1.29, 1.82) is 0 Å². The van der Waals surface area contributed by atoms with Crippen molar-refractivity contribution in [3.63, 3.8) is 0 Å². The number of amides is 1. The minimum Gasteiger partial charge on any atom is -0.355 e. The van der Waals surface area contributed by atoms with Crippen molar-refractivity contribution in [3.05, 3.63) is 71.0 Å². The summed E-state index contributed by atoms with van der Waals surface area (Å²) in [7, 11) is 0. The van der Waals surface area contributed by atoms with E-state index >= 15 is 0 Å². The third-order valence-corrected chi connectivity index (χ3v) is 6.16. The highest BCUT2D eigenvalue weighted by atomic mass is 32.2. The van der Waals surface area contributed by atoms with Crippen molar-refractivity contribution in [3.8, 4) is 0 Å². The highest BCUT2D eigenvalue weighted by Gasteiger charge is 2.25. The second kappa shape index (κ2) is 10.6. The van der Waals surface area contributed by atoms with Gasteiger partial charge in [-0.25, -0.2) is 4.39 Å². The van der Waals surface area contributed by atoms with Crippen LogP contribution in [0.5, 0.6) is 0 Å². The molecule has 1 unspecified atom stereocenters. The molecule has 1 heterocycles. The maximum atomic E-state index is 13.9. The quantitative estimate of drug-likeness (QED) is 0.667. The molecule has 28 heavy (non-hydrogen) atoms. The summed E-state index contributed by atoms with van der Waals surface area (Å²) in [4.78, 5) is 14.7. The molecule has 5 heteroatoms. The zero-order valence-electron chi connectivity index (χ0n) is 16.5. The molecule has 150 valence electrons. The SMILES string of the molecule is Cc1cccc(CSCCNC(=O)C2CCCN(Cc3ccccc3F)C2)c1. The van der Waals surface area contributed by atoms with Gasteiger partial charge in [-0.15, -0.1) is 0 Å². The second-order valence-electron chi connectivity index (χ2n) is 7.50. The number of carbonyl (C=O) groups is 1. The van der Waals surface area contributed by atoms with Gasteiger partial charge in [0.25, 0.3) is 0 Å². The van der Waals surface area contributed by atoms with Gasteiger partial charge in [0.1, 0.15) is 5.82 Å². The first-order chi connectivity index (χ1) is 13.6. The van der Waals surface area contributed by atoms with Crippen LogP contribution in [0.15, 0.2) is 48.5 Å². The minimum absolute atomic E-state index is 0.00213. The van der Waals surface area contributed by atoms with Gasteiger partial charge >= 0.3 is 0 Å². The Morgan fingerprint density at radius 1 is 1.25 bits per heavy atom. The molecule has 1 saturated heterocycles. The molecule has 2 aromatic carbocycles. The van der Waals surface area contributed by atoms with E-state index in [-0.39, 0.29) is 17.6 Å². The van der Waals surface area contributed by atoms with Crippen LogP contribution in [0.1, 0.15) is 29.5 Å². The van der Waals surface area contributed by atoms with E-state index in [0.717, 1.165) is 30.9 Å². The molecule has 0 spiro atoms. The van der Waals surface area contributed by atoms with E-state index in [0.29, 0.717) is 25.2 Å². The fraction of sp³-hybridized carbons (Fsp3) is 0.435. The van der Waals surface area contributed by atoms with Crippen LogP contribution in [-0.4, -0.2) is 36.2 Å². The van der Waals surface area contributed by atoms with E-state index in [1.165, 1.54) is 17.2 Å². The van der Waals surface area contributed by atoms with Crippen LogP contribution in [0, 0.1) is 18.7 Å². The Morgan fingerprint density at radius 3 is 2.93 bits per heavy atom. The molecule has 1 fully saturated rings. The number of piperidine rings is 1. The van der Waals surface area contributed by atoms with Crippen molar-refractivity contribution < 1.29 is 9.18 Å². The minimum atomic E-state index is -0.167. The van der Waals surface area contributed by atoms with Crippen LogP contribution in [0.2, 0.25) is 0 Å². The highest BCUT2D eigenvalue weighted by Crippen LogP contribution is 2.20. The Kier molecular flexibility index (Phi) is 7.92. The van der Waals surface area contributed by atoms with E-state index < -0.39 is 0 Å². The van der Waals surface area contributed by atoms with Crippen molar-refractivity contribution in [2.24, 2.45) is 5.92 Å². The number of thioether (sulfide) groups is 1. The number of benzene rings is 2. The highest BCUT2D eigenvalue weighted by molar-refractivity contribution is 7.98. The number of hydrogen-bond acceptors (Lipinski definition) is 3. The third kappa shape index (κ3) is 6.35. The first-order valence-electron chi connectivity index (χ1n) is 9.98. The van der Waals surface area contributed by atoms with E-state index in [1.54, 1.807) is 6.07 Å². The van der Waals surface area contributed by atoms with Crippen LogP contribution in [0.4, 0.5) is 4.39 Å². The average Bonchev–Trinajstić information content (AvgIpc) is 2.70. The topological polar surface area (TPSA) is 32.3 Å². The number of nitrogens with zero attached hydrogens (tertiary/aromatic N) is 1. The molecule has 0 aromatic heterocycles. The Labute approximate surface area is 171 Å². The maximum absolute atomic E-state index is 13.9. The summed E-state index contributed by atoms with van der Waals surface area (Å²) in [6, 6.07) is 15.4. The van der Waals surface area contributed by atoms with Gasteiger partial charge in [0.15, 0.2) is 0 Å². The molecule has 3 rings (SSSR count). The smallest absolute Gasteiger partial charge is 0.224 e. The largest absolute Gasteiger partial charge is 0.355 e. The molecule has 1 atom stereocenters. The first kappa shape index (κ1) is 20.9. The summed E-state index contributed by atoms with van der Waals surface area (Å²) in [5.74, 6) is 1.85. The number of aryl methyl sites for hydroxylation is 1. The molecule has 1 N–H and O–H groups in total. The van der Waals surface area contributed by atoms with E-state index in [1.807, 2.05) is 23.9 Å². The molecule has 0 radical (unpaired) electrons. The lowest BCUT2D eigenvalue weighted by Gasteiger charge is -2.32. The van der Waals surface area contributed by atoms with Crippen LogP contribution < -0.4 is 5.32 Å². The third-order valence-electron chi connectivity index (χ3n) is 5.12. The van der Waals surface area contributed by atoms with Crippen LogP contribution in [-0.2, 0) is 17.1 Å². The lowest BCUT2D eigenvalue weighted by Crippen LogP contribution is -2.43. The van der Waals surface area contributed by atoms with Gasteiger partial charge in [-0.2, -0.15) is 11.8 Å². The van der Waals surface area contributed by atoms with E-state index in [2.05, 4.69) is 41.4 Å². The molecule has 3 nitrogen and oxygen atoms in total. The summed E-state index contributed by atoms with van der Waals surface area (Å²) >= 11 is 1.84. The summed E-state index contributed by atoms with van der Waals surface area (Å²) in [5.41, 5.74) is 3.31. The summed E-state index contributed by atoms with van der Waals surface area (Å²) < 4.78 is 13.9. The molecule has 2 aromatic rings. The van der Waals surface area contributed by atoms with Crippen molar-refractivity contribution in [2.45, 2.75) is 32.1 Å². The standard InChI is InChI=1S/C23H29FN2OS/c1-18-6-4-7-19(14-18)17-28-13-11-25-23(27)21-9-5-12-26(16-21)15-20-8-2-3-10-22(20)24/h2-4,6-8,10,14,21H,5,9,11-13,15-17H2,1H3,(H,25,27). The normalized spacial score (nSPS) is 17.4. The van der Waals surface area contributed by atoms with Crippen molar-refractivity contribution >= 4 is 17.7 Å². The first-order valence-corrected chi connectivity index (χ1v) is 11.1. The molecular formula is C23H29FN2OS. The van der Waals surface area contributed by atoms with Gasteiger partial charge in [-0.05, 0) is 37.9 Å². The number of likely N-dealkylation sites (tertiary alicyclic amines) is 1. The number of carbonyl (C=O) groups excluding carboxylic acids is 1. The molecule has 1 aliphatic heterocycles. The monoisotopic (exact) mass is 400 g/mol. The second-order valence-corrected chi connectivity index (χ2v) is 8.60. The van der Waals surface area contributed by atoms with Gasteiger partial charge in [0.05, 0.1) is 5.92 Å². The fourth-order valence-electron chi connectivity index (χ4n) is 3.66. The lowest BCUT2D eigenvalue weighted by molar-refractivity contribution is -0.126. The maximum Gasteiger partial charge on any atom is 0.224 e. The number of nitrogens with one attached hydrogen (secondary N) is 1. The van der Waals surface area contributed by atoms with Crippen molar-refractivity contribution in [2.75, 3.05) is 25.4 Å². The van der Waals surface area contributed by atoms with Crippen LogP contribution in [0.3, 0.4) is 0 Å².